The molecule has 1 saturated heterocycles. The lowest BCUT2D eigenvalue weighted by atomic mass is 9.82. The first-order chi connectivity index (χ1) is 11.2. The number of piperazine rings is 1. The largest absolute Gasteiger partial charge is 0.339 e. The van der Waals surface area contributed by atoms with Crippen molar-refractivity contribution in [3.05, 3.63) is 35.4 Å². The first-order valence-corrected chi connectivity index (χ1v) is 8.48. The number of hydrogen-bond donors (Lipinski definition) is 1. The van der Waals surface area contributed by atoms with Crippen LogP contribution in [0.5, 0.6) is 0 Å². The predicted octanol–water partition coefficient (Wildman–Crippen LogP) is 0.997. The molecule has 1 atom stereocenters. The Kier molecular flexibility index (Phi) is 4.96. The average Bonchev–Trinajstić information content (AvgIpc) is 2.61. The molecule has 0 saturated carbocycles. The van der Waals surface area contributed by atoms with Crippen molar-refractivity contribution in [2.75, 3.05) is 39.8 Å². The maximum Gasteiger partial charge on any atom is 0.242 e. The molecule has 23 heavy (non-hydrogen) atoms. The third kappa shape index (κ3) is 3.55. The summed E-state index contributed by atoms with van der Waals surface area (Å²) >= 11 is 0. The molecule has 2 amide bonds. The number of carbonyl (C=O) groups is 2. The van der Waals surface area contributed by atoms with Crippen LogP contribution in [-0.2, 0) is 16.0 Å². The summed E-state index contributed by atoms with van der Waals surface area (Å²) in [6.07, 6.45) is 2.96. The Morgan fingerprint density at radius 2 is 2.00 bits per heavy atom. The first kappa shape index (κ1) is 16.0. The lowest BCUT2D eigenvalue weighted by molar-refractivity contribution is -0.140. The molecule has 2 aliphatic rings. The van der Waals surface area contributed by atoms with E-state index in [9.17, 15) is 9.59 Å². The maximum absolute atomic E-state index is 12.8. The molecule has 124 valence electrons. The Labute approximate surface area is 137 Å². The van der Waals surface area contributed by atoms with E-state index in [1.165, 1.54) is 5.56 Å². The van der Waals surface area contributed by atoms with Crippen molar-refractivity contribution in [3.8, 4) is 0 Å². The molecule has 1 aliphatic heterocycles. The monoisotopic (exact) mass is 315 g/mol. The van der Waals surface area contributed by atoms with Gasteiger partial charge in [-0.2, -0.15) is 0 Å². The second-order valence-electron chi connectivity index (χ2n) is 6.47. The van der Waals surface area contributed by atoms with Gasteiger partial charge in [0.1, 0.15) is 0 Å². The quantitative estimate of drug-likeness (QED) is 0.905. The Bertz CT molecular complexity index is 581. The topological polar surface area (TPSA) is 52.7 Å². The zero-order chi connectivity index (χ0) is 16.2. The second-order valence-corrected chi connectivity index (χ2v) is 6.47. The number of rotatable bonds is 3. The van der Waals surface area contributed by atoms with Crippen LogP contribution in [0.4, 0.5) is 0 Å². The van der Waals surface area contributed by atoms with Gasteiger partial charge in [0.2, 0.25) is 11.8 Å². The Morgan fingerprint density at radius 3 is 2.78 bits per heavy atom. The zero-order valence-electron chi connectivity index (χ0n) is 13.8. The molecular weight excluding hydrogens is 290 g/mol. The van der Waals surface area contributed by atoms with Crippen LogP contribution in [0.2, 0.25) is 0 Å². The highest BCUT2D eigenvalue weighted by Crippen LogP contribution is 2.32. The van der Waals surface area contributed by atoms with E-state index >= 15 is 0 Å². The average molecular weight is 315 g/mol. The third-order valence-electron chi connectivity index (χ3n) is 4.89. The summed E-state index contributed by atoms with van der Waals surface area (Å²) in [6, 6.07) is 8.20. The molecule has 0 radical (unpaired) electrons. The number of amides is 2. The van der Waals surface area contributed by atoms with Gasteiger partial charge in [0.15, 0.2) is 0 Å². The SMILES string of the molecule is CN(CC(=O)N1CCNCC1)C(=O)C1CCCc2ccccc21. The highest BCUT2D eigenvalue weighted by Gasteiger charge is 2.29. The van der Waals surface area contributed by atoms with E-state index < -0.39 is 0 Å². The summed E-state index contributed by atoms with van der Waals surface area (Å²) in [7, 11) is 1.75. The molecule has 5 nitrogen and oxygen atoms in total. The number of fused-ring (bicyclic) bond motifs is 1. The first-order valence-electron chi connectivity index (χ1n) is 8.48. The molecule has 1 fully saturated rings. The van der Waals surface area contributed by atoms with Crippen molar-refractivity contribution in [1.82, 2.24) is 15.1 Å². The summed E-state index contributed by atoms with van der Waals surface area (Å²) in [5.41, 5.74) is 2.42. The van der Waals surface area contributed by atoms with Crippen molar-refractivity contribution in [2.45, 2.75) is 25.2 Å². The molecule has 1 aliphatic carbocycles. The van der Waals surface area contributed by atoms with E-state index in [4.69, 9.17) is 0 Å². The fourth-order valence-electron chi connectivity index (χ4n) is 3.57. The molecule has 1 N–H and O–H groups in total. The molecule has 0 spiro atoms. The minimum Gasteiger partial charge on any atom is -0.339 e. The summed E-state index contributed by atoms with van der Waals surface area (Å²) in [4.78, 5) is 28.6. The number of hydrogen-bond acceptors (Lipinski definition) is 3. The van der Waals surface area contributed by atoms with Gasteiger partial charge in [0, 0.05) is 33.2 Å². The van der Waals surface area contributed by atoms with E-state index in [1.54, 1.807) is 11.9 Å². The summed E-state index contributed by atoms with van der Waals surface area (Å²) < 4.78 is 0. The Morgan fingerprint density at radius 1 is 1.26 bits per heavy atom. The van der Waals surface area contributed by atoms with Crippen LogP contribution in [0.25, 0.3) is 0 Å². The number of aryl methyl sites for hydroxylation is 1. The molecule has 1 unspecified atom stereocenters. The number of likely N-dealkylation sites (N-methyl/N-ethyl adjacent to an activating group) is 1. The van der Waals surface area contributed by atoms with Gasteiger partial charge in [0.05, 0.1) is 12.5 Å². The third-order valence-corrected chi connectivity index (χ3v) is 4.89. The van der Waals surface area contributed by atoms with Gasteiger partial charge in [-0.1, -0.05) is 24.3 Å². The van der Waals surface area contributed by atoms with Gasteiger partial charge in [-0.3, -0.25) is 9.59 Å². The van der Waals surface area contributed by atoms with Crippen molar-refractivity contribution in [2.24, 2.45) is 0 Å². The van der Waals surface area contributed by atoms with Gasteiger partial charge in [0.25, 0.3) is 0 Å². The minimum absolute atomic E-state index is 0.0476. The van der Waals surface area contributed by atoms with Crippen molar-refractivity contribution < 1.29 is 9.59 Å². The molecule has 1 aromatic carbocycles. The fraction of sp³-hybridized carbons (Fsp3) is 0.556. The lowest BCUT2D eigenvalue weighted by Gasteiger charge is -2.31. The van der Waals surface area contributed by atoms with Crippen LogP contribution in [0.1, 0.15) is 29.9 Å². The maximum atomic E-state index is 12.8. The van der Waals surface area contributed by atoms with Gasteiger partial charge in [-0.25, -0.2) is 0 Å². The van der Waals surface area contributed by atoms with Crippen LogP contribution in [0.15, 0.2) is 24.3 Å². The molecule has 3 rings (SSSR count). The van der Waals surface area contributed by atoms with Gasteiger partial charge < -0.3 is 15.1 Å². The van der Waals surface area contributed by atoms with E-state index in [0.29, 0.717) is 0 Å². The van der Waals surface area contributed by atoms with Gasteiger partial charge >= 0.3 is 0 Å². The second kappa shape index (κ2) is 7.13. The van der Waals surface area contributed by atoms with Gasteiger partial charge in [-0.05, 0) is 30.4 Å². The smallest absolute Gasteiger partial charge is 0.242 e. The molecular formula is C18H25N3O2. The van der Waals surface area contributed by atoms with Crippen LogP contribution >= 0.6 is 0 Å². The number of carbonyl (C=O) groups excluding carboxylic acids is 2. The van der Waals surface area contributed by atoms with E-state index in [1.807, 2.05) is 17.0 Å². The minimum atomic E-state index is -0.0965. The lowest BCUT2D eigenvalue weighted by Crippen LogP contribution is -2.50. The van der Waals surface area contributed by atoms with Crippen LogP contribution in [0.3, 0.4) is 0 Å². The normalized spacial score (nSPS) is 20.7. The number of benzene rings is 1. The van der Waals surface area contributed by atoms with Crippen LogP contribution < -0.4 is 5.32 Å². The standard InChI is InChI=1S/C18H25N3O2/c1-20(13-17(22)21-11-9-19-10-12-21)18(23)16-8-4-6-14-5-2-3-7-15(14)16/h2-3,5,7,16,19H,4,6,8-13H2,1H3. The van der Waals surface area contributed by atoms with E-state index in [-0.39, 0.29) is 24.3 Å². The zero-order valence-corrected chi connectivity index (χ0v) is 13.8. The Hall–Kier alpha value is -1.88. The summed E-state index contributed by atoms with van der Waals surface area (Å²) in [5.74, 6) is 0.0212. The van der Waals surface area contributed by atoms with E-state index in [2.05, 4.69) is 17.4 Å². The molecule has 1 heterocycles. The highest BCUT2D eigenvalue weighted by molar-refractivity contribution is 5.88. The fourth-order valence-corrected chi connectivity index (χ4v) is 3.57. The molecule has 1 aromatic rings. The van der Waals surface area contributed by atoms with Crippen molar-refractivity contribution in [1.29, 1.82) is 0 Å². The predicted molar refractivity (Wildman–Crippen MR) is 89.2 cm³/mol. The summed E-state index contributed by atoms with van der Waals surface area (Å²) in [6.45, 7) is 3.30. The van der Waals surface area contributed by atoms with Crippen LogP contribution in [-0.4, -0.2) is 61.4 Å². The molecule has 0 aromatic heterocycles. The van der Waals surface area contributed by atoms with Crippen LogP contribution in [0, 0.1) is 0 Å². The van der Waals surface area contributed by atoms with Crippen molar-refractivity contribution >= 4 is 11.8 Å². The van der Waals surface area contributed by atoms with E-state index in [0.717, 1.165) is 51.0 Å². The Balaban J connectivity index is 1.65. The number of nitrogens with one attached hydrogen (secondary N) is 1. The number of nitrogens with zero attached hydrogens (tertiary/aromatic N) is 2. The highest BCUT2D eigenvalue weighted by atomic mass is 16.2. The molecule has 0 bridgehead atoms. The summed E-state index contributed by atoms with van der Waals surface area (Å²) in [5, 5.41) is 3.23. The van der Waals surface area contributed by atoms with Crippen molar-refractivity contribution in [3.63, 3.8) is 0 Å². The van der Waals surface area contributed by atoms with Gasteiger partial charge in [-0.15, -0.1) is 0 Å². The molecule has 5 heteroatoms.